The molecule has 1 fully saturated rings. The normalized spacial score (nSPS) is 16.4. The number of rotatable bonds is 3. The minimum absolute atomic E-state index is 0.121. The molecule has 0 bridgehead atoms. The molecule has 0 saturated carbocycles. The smallest absolute Gasteiger partial charge is 0.145 e. The molecular formula is C10H10ClFNO. The van der Waals surface area contributed by atoms with E-state index in [0.29, 0.717) is 18.3 Å². The van der Waals surface area contributed by atoms with E-state index < -0.39 is 5.82 Å². The van der Waals surface area contributed by atoms with Gasteiger partial charge in [-0.15, -0.1) is 0 Å². The van der Waals surface area contributed by atoms with Crippen LogP contribution in [0.25, 0.3) is 0 Å². The Balaban J connectivity index is 1.91. The van der Waals surface area contributed by atoms with Crippen LogP contribution in [0.2, 0.25) is 5.02 Å². The van der Waals surface area contributed by atoms with Crippen LogP contribution in [0.3, 0.4) is 0 Å². The molecule has 0 amide bonds. The van der Waals surface area contributed by atoms with E-state index in [4.69, 9.17) is 16.3 Å². The Labute approximate surface area is 87.0 Å². The van der Waals surface area contributed by atoms with E-state index in [9.17, 15) is 4.39 Å². The summed E-state index contributed by atoms with van der Waals surface area (Å²) in [5.74, 6) is 0.579. The van der Waals surface area contributed by atoms with Crippen molar-refractivity contribution in [3.63, 3.8) is 0 Å². The maximum atomic E-state index is 13.0. The highest BCUT2D eigenvalue weighted by atomic mass is 35.5. The SMILES string of the molecule is Fc1cc(OCC2C[N]C2)ccc1Cl. The third-order valence-electron chi connectivity index (χ3n) is 2.15. The maximum absolute atomic E-state index is 13.0. The van der Waals surface area contributed by atoms with Gasteiger partial charge < -0.3 is 4.74 Å². The summed E-state index contributed by atoms with van der Waals surface area (Å²) in [4.78, 5) is 0. The van der Waals surface area contributed by atoms with Gasteiger partial charge in [-0.05, 0) is 12.1 Å². The Morgan fingerprint density at radius 1 is 1.50 bits per heavy atom. The third kappa shape index (κ3) is 2.16. The molecule has 0 aromatic heterocycles. The monoisotopic (exact) mass is 214 g/mol. The molecule has 0 aliphatic carbocycles. The fourth-order valence-electron chi connectivity index (χ4n) is 1.20. The molecular weight excluding hydrogens is 205 g/mol. The number of hydrogen-bond acceptors (Lipinski definition) is 1. The zero-order valence-corrected chi connectivity index (χ0v) is 8.30. The average molecular weight is 215 g/mol. The van der Waals surface area contributed by atoms with Gasteiger partial charge in [0.05, 0.1) is 11.6 Å². The molecule has 2 rings (SSSR count). The Morgan fingerprint density at radius 2 is 2.29 bits per heavy atom. The highest BCUT2D eigenvalue weighted by Gasteiger charge is 2.18. The number of hydrogen-bond donors (Lipinski definition) is 0. The fraction of sp³-hybridized carbons (Fsp3) is 0.400. The van der Waals surface area contributed by atoms with Crippen molar-refractivity contribution in [3.8, 4) is 5.75 Å². The van der Waals surface area contributed by atoms with Gasteiger partial charge in [0.1, 0.15) is 11.6 Å². The minimum atomic E-state index is -0.442. The molecule has 1 radical (unpaired) electrons. The predicted molar refractivity (Wildman–Crippen MR) is 52.3 cm³/mol. The van der Waals surface area contributed by atoms with Crippen molar-refractivity contribution in [2.24, 2.45) is 5.92 Å². The van der Waals surface area contributed by atoms with Gasteiger partial charge >= 0.3 is 0 Å². The van der Waals surface area contributed by atoms with Crippen molar-refractivity contribution < 1.29 is 9.13 Å². The van der Waals surface area contributed by atoms with Crippen molar-refractivity contribution in [3.05, 3.63) is 29.0 Å². The number of benzene rings is 1. The Bertz CT molecular complexity index is 328. The van der Waals surface area contributed by atoms with Crippen molar-refractivity contribution in [1.82, 2.24) is 5.32 Å². The largest absolute Gasteiger partial charge is 0.493 e. The Kier molecular flexibility index (Phi) is 2.89. The van der Waals surface area contributed by atoms with Gasteiger partial charge in [-0.2, -0.15) is 0 Å². The van der Waals surface area contributed by atoms with Gasteiger partial charge in [-0.3, -0.25) is 0 Å². The van der Waals surface area contributed by atoms with E-state index in [1.54, 1.807) is 6.07 Å². The summed E-state index contributed by atoms with van der Waals surface area (Å²) in [7, 11) is 0. The zero-order valence-electron chi connectivity index (χ0n) is 7.54. The predicted octanol–water partition coefficient (Wildman–Crippen LogP) is 2.09. The average Bonchev–Trinajstić information content (AvgIpc) is 2.08. The van der Waals surface area contributed by atoms with E-state index in [0.717, 1.165) is 13.1 Å². The molecule has 1 aliphatic rings. The van der Waals surface area contributed by atoms with Gasteiger partial charge in [-0.25, -0.2) is 9.71 Å². The van der Waals surface area contributed by atoms with Crippen molar-refractivity contribution in [2.75, 3.05) is 19.7 Å². The summed E-state index contributed by atoms with van der Waals surface area (Å²) >= 11 is 5.54. The van der Waals surface area contributed by atoms with E-state index in [1.165, 1.54) is 12.1 Å². The maximum Gasteiger partial charge on any atom is 0.145 e. The lowest BCUT2D eigenvalue weighted by atomic mass is 10.1. The molecule has 14 heavy (non-hydrogen) atoms. The molecule has 1 aromatic carbocycles. The molecule has 1 heterocycles. The minimum Gasteiger partial charge on any atom is -0.493 e. The second-order valence-corrected chi connectivity index (χ2v) is 3.75. The second kappa shape index (κ2) is 4.15. The molecule has 0 atom stereocenters. The lowest BCUT2D eigenvalue weighted by molar-refractivity contribution is 0.195. The van der Waals surface area contributed by atoms with Gasteiger partial charge in [0.25, 0.3) is 0 Å². The summed E-state index contributed by atoms with van der Waals surface area (Å²) in [6.45, 7) is 2.32. The van der Waals surface area contributed by atoms with E-state index in [1.807, 2.05) is 0 Å². The fourth-order valence-corrected chi connectivity index (χ4v) is 1.32. The highest BCUT2D eigenvalue weighted by molar-refractivity contribution is 6.30. The quantitative estimate of drug-likeness (QED) is 0.756. The van der Waals surface area contributed by atoms with Crippen LogP contribution < -0.4 is 10.1 Å². The topological polar surface area (TPSA) is 23.3 Å². The summed E-state index contributed by atoms with van der Waals surface area (Å²) in [5.41, 5.74) is 0. The van der Waals surface area contributed by atoms with Crippen LogP contribution in [-0.2, 0) is 0 Å². The zero-order chi connectivity index (χ0) is 9.97. The van der Waals surface area contributed by atoms with E-state index in [2.05, 4.69) is 5.32 Å². The van der Waals surface area contributed by atoms with E-state index >= 15 is 0 Å². The molecule has 0 unspecified atom stereocenters. The van der Waals surface area contributed by atoms with Crippen LogP contribution in [0.1, 0.15) is 0 Å². The van der Waals surface area contributed by atoms with Crippen LogP contribution in [0.5, 0.6) is 5.75 Å². The van der Waals surface area contributed by atoms with Gasteiger partial charge in [-0.1, -0.05) is 11.6 Å². The number of nitrogens with zero attached hydrogens (tertiary/aromatic N) is 1. The van der Waals surface area contributed by atoms with Crippen LogP contribution >= 0.6 is 11.6 Å². The molecule has 0 spiro atoms. The summed E-state index contributed by atoms with van der Waals surface area (Å²) in [6, 6.07) is 4.47. The van der Waals surface area contributed by atoms with Crippen LogP contribution in [-0.4, -0.2) is 19.7 Å². The lowest BCUT2D eigenvalue weighted by Crippen LogP contribution is -2.39. The number of ether oxygens (including phenoxy) is 1. The Hall–Kier alpha value is -0.800. The van der Waals surface area contributed by atoms with Gasteiger partial charge in [0.2, 0.25) is 0 Å². The van der Waals surface area contributed by atoms with Gasteiger partial charge in [0.15, 0.2) is 0 Å². The first-order chi connectivity index (χ1) is 6.75. The summed E-state index contributed by atoms with van der Waals surface area (Å²) in [5, 5.41) is 4.19. The van der Waals surface area contributed by atoms with Crippen molar-refractivity contribution in [1.29, 1.82) is 0 Å². The molecule has 0 N–H and O–H groups in total. The lowest BCUT2D eigenvalue weighted by Gasteiger charge is -2.24. The summed E-state index contributed by atoms with van der Waals surface area (Å²) < 4.78 is 18.4. The first-order valence-corrected chi connectivity index (χ1v) is 4.84. The van der Waals surface area contributed by atoms with Crippen LogP contribution in [0, 0.1) is 11.7 Å². The van der Waals surface area contributed by atoms with Crippen molar-refractivity contribution >= 4 is 11.6 Å². The second-order valence-electron chi connectivity index (χ2n) is 3.34. The standard InChI is InChI=1S/C10H10ClFNO/c11-9-2-1-8(3-10(9)12)14-6-7-4-13-5-7/h1-3,7H,4-6H2. The van der Waals surface area contributed by atoms with Crippen LogP contribution in [0.4, 0.5) is 4.39 Å². The summed E-state index contributed by atoms with van der Waals surface area (Å²) in [6.07, 6.45) is 0. The number of halogens is 2. The third-order valence-corrected chi connectivity index (χ3v) is 2.46. The molecule has 1 saturated heterocycles. The molecule has 1 aliphatic heterocycles. The molecule has 75 valence electrons. The van der Waals surface area contributed by atoms with Crippen LogP contribution in [0.15, 0.2) is 18.2 Å². The van der Waals surface area contributed by atoms with Crippen molar-refractivity contribution in [2.45, 2.75) is 0 Å². The molecule has 2 nitrogen and oxygen atoms in total. The van der Waals surface area contributed by atoms with E-state index in [-0.39, 0.29) is 5.02 Å². The molecule has 4 heteroatoms. The highest BCUT2D eigenvalue weighted by Crippen LogP contribution is 2.21. The first-order valence-electron chi connectivity index (χ1n) is 4.47. The molecule has 1 aromatic rings. The van der Waals surface area contributed by atoms with Gasteiger partial charge in [0, 0.05) is 25.1 Å². The Morgan fingerprint density at radius 3 is 2.86 bits per heavy atom. The first kappa shape index (κ1) is 9.74.